The van der Waals surface area contributed by atoms with E-state index < -0.39 is 17.2 Å². The summed E-state index contributed by atoms with van der Waals surface area (Å²) in [5.74, 6) is 0. The third kappa shape index (κ3) is 1.57. The van der Waals surface area contributed by atoms with Crippen molar-refractivity contribution < 1.29 is 9.32 Å². The van der Waals surface area contributed by atoms with Crippen LogP contribution < -0.4 is 4.31 Å². The molecule has 1 aliphatic rings. The van der Waals surface area contributed by atoms with Gasteiger partial charge in [0, 0.05) is 5.56 Å². The van der Waals surface area contributed by atoms with E-state index in [0.29, 0.717) is 4.90 Å². The largest absolute Gasteiger partial charge is 0.368 e. The Morgan fingerprint density at radius 2 is 1.65 bits per heavy atom. The molecular weight excluding hydrogens is 234 g/mol. The van der Waals surface area contributed by atoms with Crippen LogP contribution in [-0.2, 0) is 11.0 Å². The van der Waals surface area contributed by atoms with E-state index in [2.05, 4.69) is 0 Å². The van der Waals surface area contributed by atoms with Crippen LogP contribution in [0, 0.1) is 0 Å². The Hall–Kier alpha value is -1.65. The van der Waals surface area contributed by atoms with Crippen molar-refractivity contribution in [1.82, 2.24) is 0 Å². The second-order valence-electron chi connectivity index (χ2n) is 3.82. The Balaban J connectivity index is 2.10. The summed E-state index contributed by atoms with van der Waals surface area (Å²) in [6.07, 6.45) is -0.838. The quantitative estimate of drug-likeness (QED) is 0.837. The first-order chi connectivity index (χ1) is 8.29. The molecule has 86 valence electrons. The smallest absolute Gasteiger partial charge is 0.166 e. The van der Waals surface area contributed by atoms with Crippen LogP contribution in [0.5, 0.6) is 0 Å². The minimum atomic E-state index is -1.33. The van der Waals surface area contributed by atoms with Crippen LogP contribution in [0.2, 0.25) is 0 Å². The third-order valence-corrected chi connectivity index (χ3v) is 4.31. The van der Waals surface area contributed by atoms with E-state index in [1.54, 1.807) is 12.1 Å². The van der Waals surface area contributed by atoms with Gasteiger partial charge >= 0.3 is 0 Å². The molecule has 0 aromatic heterocycles. The molecule has 0 aliphatic carbocycles. The zero-order valence-electron chi connectivity index (χ0n) is 8.98. The summed E-state index contributed by atoms with van der Waals surface area (Å²) < 4.78 is 13.8. The van der Waals surface area contributed by atoms with Crippen LogP contribution in [0.25, 0.3) is 0 Å². The van der Waals surface area contributed by atoms with Crippen molar-refractivity contribution >= 4 is 16.7 Å². The highest BCUT2D eigenvalue weighted by molar-refractivity contribution is 7.86. The Bertz CT molecular complexity index is 571. The molecule has 0 amide bonds. The van der Waals surface area contributed by atoms with Crippen molar-refractivity contribution in [2.24, 2.45) is 0 Å². The van der Waals surface area contributed by atoms with Gasteiger partial charge in [0.15, 0.2) is 17.2 Å². The van der Waals surface area contributed by atoms with Gasteiger partial charge in [-0.1, -0.05) is 36.4 Å². The fourth-order valence-electron chi connectivity index (χ4n) is 1.99. The van der Waals surface area contributed by atoms with E-state index in [-0.39, 0.29) is 0 Å². The van der Waals surface area contributed by atoms with Crippen molar-refractivity contribution in [2.45, 2.75) is 11.1 Å². The van der Waals surface area contributed by atoms with Crippen LogP contribution in [-0.4, -0.2) is 9.32 Å². The van der Waals surface area contributed by atoms with Gasteiger partial charge in [-0.05, 0) is 18.2 Å². The molecule has 2 atom stereocenters. The molecule has 2 aromatic carbocycles. The number of rotatable bonds is 1. The molecule has 0 fully saturated rings. The SMILES string of the molecule is O=S1c2ccccc2C(O)N1c1ccccc1. The van der Waals surface area contributed by atoms with Crippen LogP contribution in [0.4, 0.5) is 5.69 Å². The summed E-state index contributed by atoms with van der Waals surface area (Å²) in [4.78, 5) is 0.684. The molecular formula is C13H11NO2S. The predicted molar refractivity (Wildman–Crippen MR) is 66.7 cm³/mol. The van der Waals surface area contributed by atoms with E-state index >= 15 is 0 Å². The van der Waals surface area contributed by atoms with Gasteiger partial charge in [-0.2, -0.15) is 0 Å². The highest BCUT2D eigenvalue weighted by Gasteiger charge is 2.35. The van der Waals surface area contributed by atoms with Crippen molar-refractivity contribution in [3.8, 4) is 0 Å². The zero-order chi connectivity index (χ0) is 11.8. The van der Waals surface area contributed by atoms with Crippen LogP contribution in [0.15, 0.2) is 59.5 Å². The highest BCUT2D eigenvalue weighted by Crippen LogP contribution is 2.38. The average molecular weight is 245 g/mol. The van der Waals surface area contributed by atoms with Gasteiger partial charge in [0.2, 0.25) is 0 Å². The Kier molecular flexibility index (Phi) is 2.46. The predicted octanol–water partition coefficient (Wildman–Crippen LogP) is 2.22. The summed E-state index contributed by atoms with van der Waals surface area (Å²) in [6.45, 7) is 0. The molecule has 0 spiro atoms. The lowest BCUT2D eigenvalue weighted by Gasteiger charge is -2.20. The molecule has 3 nitrogen and oxygen atoms in total. The first-order valence-corrected chi connectivity index (χ1v) is 6.43. The van der Waals surface area contributed by atoms with Crippen molar-refractivity contribution in [2.75, 3.05) is 4.31 Å². The topological polar surface area (TPSA) is 40.5 Å². The Morgan fingerprint density at radius 3 is 2.35 bits per heavy atom. The van der Waals surface area contributed by atoms with Crippen molar-refractivity contribution in [3.05, 3.63) is 60.2 Å². The summed E-state index contributed by atoms with van der Waals surface area (Å²) in [5.41, 5.74) is 1.48. The number of aliphatic hydroxyl groups is 1. The van der Waals surface area contributed by atoms with E-state index in [4.69, 9.17) is 0 Å². The van der Waals surface area contributed by atoms with Crippen molar-refractivity contribution in [3.63, 3.8) is 0 Å². The van der Waals surface area contributed by atoms with E-state index in [1.165, 1.54) is 4.31 Å². The number of anilines is 1. The van der Waals surface area contributed by atoms with E-state index in [9.17, 15) is 9.32 Å². The molecule has 3 rings (SSSR count). The zero-order valence-corrected chi connectivity index (χ0v) is 9.80. The van der Waals surface area contributed by atoms with Gasteiger partial charge in [-0.25, -0.2) is 4.21 Å². The average Bonchev–Trinajstić information content (AvgIpc) is 2.64. The maximum atomic E-state index is 12.3. The molecule has 4 heteroatoms. The van der Waals surface area contributed by atoms with Crippen molar-refractivity contribution in [1.29, 1.82) is 0 Å². The summed E-state index contributed by atoms with van der Waals surface area (Å²) in [6, 6.07) is 16.6. The third-order valence-electron chi connectivity index (χ3n) is 2.80. The number of hydrogen-bond acceptors (Lipinski definition) is 2. The maximum Gasteiger partial charge on any atom is 0.166 e. The molecule has 0 bridgehead atoms. The highest BCUT2D eigenvalue weighted by atomic mass is 32.2. The van der Waals surface area contributed by atoms with E-state index in [1.807, 2.05) is 42.5 Å². The van der Waals surface area contributed by atoms with Crippen LogP contribution in [0.3, 0.4) is 0 Å². The lowest BCUT2D eigenvalue weighted by atomic mass is 10.2. The van der Waals surface area contributed by atoms with Gasteiger partial charge in [-0.3, -0.25) is 4.31 Å². The normalized spacial score (nSPS) is 22.5. The monoisotopic (exact) mass is 245 g/mol. The molecule has 1 heterocycles. The Labute approximate surface area is 102 Å². The second kappa shape index (κ2) is 3.98. The van der Waals surface area contributed by atoms with Crippen LogP contribution in [0.1, 0.15) is 11.8 Å². The first kappa shape index (κ1) is 10.5. The van der Waals surface area contributed by atoms with Gasteiger partial charge < -0.3 is 5.11 Å². The molecule has 1 aliphatic heterocycles. The minimum absolute atomic E-state index is 0.684. The number of benzene rings is 2. The molecule has 1 N–H and O–H groups in total. The van der Waals surface area contributed by atoms with Gasteiger partial charge in [-0.15, -0.1) is 0 Å². The van der Waals surface area contributed by atoms with Gasteiger partial charge in [0.25, 0.3) is 0 Å². The second-order valence-corrected chi connectivity index (χ2v) is 5.15. The number of nitrogens with zero attached hydrogens (tertiary/aromatic N) is 1. The van der Waals surface area contributed by atoms with Gasteiger partial charge in [0.05, 0.1) is 10.6 Å². The maximum absolute atomic E-state index is 12.3. The van der Waals surface area contributed by atoms with Crippen LogP contribution >= 0.6 is 0 Å². The fourth-order valence-corrected chi connectivity index (χ4v) is 3.38. The number of hydrogen-bond donors (Lipinski definition) is 1. The molecule has 2 aromatic rings. The Morgan fingerprint density at radius 1 is 1.00 bits per heavy atom. The summed E-state index contributed by atoms with van der Waals surface area (Å²) in [5, 5.41) is 10.2. The minimum Gasteiger partial charge on any atom is -0.368 e. The standard InChI is InChI=1S/C13H11NO2S/c15-13-11-8-4-5-9-12(11)17(16)14(13)10-6-2-1-3-7-10/h1-9,13,15H. The molecule has 0 saturated carbocycles. The number of fused-ring (bicyclic) bond motifs is 1. The molecule has 17 heavy (non-hydrogen) atoms. The summed E-state index contributed by atoms with van der Waals surface area (Å²) in [7, 11) is -1.33. The fraction of sp³-hybridized carbons (Fsp3) is 0.0769. The molecule has 0 radical (unpaired) electrons. The lowest BCUT2D eigenvalue weighted by Crippen LogP contribution is -2.23. The summed E-state index contributed by atoms with van der Waals surface area (Å²) >= 11 is 0. The number of aliphatic hydroxyl groups excluding tert-OH is 1. The lowest BCUT2D eigenvalue weighted by molar-refractivity contribution is 0.194. The first-order valence-electron chi connectivity index (χ1n) is 5.32. The molecule has 2 unspecified atom stereocenters. The number of para-hydroxylation sites is 1. The van der Waals surface area contributed by atoms with Gasteiger partial charge in [0.1, 0.15) is 0 Å². The van der Waals surface area contributed by atoms with E-state index in [0.717, 1.165) is 11.3 Å². The molecule has 0 saturated heterocycles.